The van der Waals surface area contributed by atoms with Crippen molar-refractivity contribution < 1.29 is 4.39 Å². The Morgan fingerprint density at radius 3 is 2.76 bits per heavy atom. The fraction of sp³-hybridized carbons (Fsp3) is 0.571. The Hall–Kier alpha value is -0.0800. The molecular formula is C14H17BrClF. The molecule has 0 amide bonds. The van der Waals surface area contributed by atoms with Gasteiger partial charge in [-0.3, -0.25) is 0 Å². The molecule has 1 saturated carbocycles. The Morgan fingerprint density at radius 2 is 2.00 bits per heavy atom. The standard InChI is InChI=1S/C14H17BrClF/c15-12-9-10(6-7-14(12)17)8-11-4-2-1-3-5-13(11)16/h6-7,9,11,13H,1-5,8H2. The summed E-state index contributed by atoms with van der Waals surface area (Å²) < 4.78 is 13.7. The number of hydrogen-bond acceptors (Lipinski definition) is 0. The predicted octanol–water partition coefficient (Wildman–Crippen LogP) is 5.32. The first kappa shape index (κ1) is 13.4. The second-order valence-corrected chi connectivity index (χ2v) is 6.28. The maximum absolute atomic E-state index is 13.1. The van der Waals surface area contributed by atoms with Crippen molar-refractivity contribution in [2.45, 2.75) is 43.9 Å². The molecule has 94 valence electrons. The summed E-state index contributed by atoms with van der Waals surface area (Å²) in [7, 11) is 0. The van der Waals surface area contributed by atoms with Crippen molar-refractivity contribution in [1.29, 1.82) is 0 Å². The number of rotatable bonds is 2. The normalized spacial score (nSPS) is 25.6. The van der Waals surface area contributed by atoms with Crippen molar-refractivity contribution in [3.05, 3.63) is 34.1 Å². The number of alkyl halides is 1. The van der Waals surface area contributed by atoms with E-state index in [1.807, 2.05) is 12.1 Å². The molecule has 2 unspecified atom stereocenters. The van der Waals surface area contributed by atoms with Crippen molar-refractivity contribution in [3.8, 4) is 0 Å². The lowest BCUT2D eigenvalue weighted by atomic mass is 9.92. The van der Waals surface area contributed by atoms with Gasteiger partial charge in [-0.25, -0.2) is 4.39 Å². The van der Waals surface area contributed by atoms with Gasteiger partial charge in [0.25, 0.3) is 0 Å². The molecule has 0 radical (unpaired) electrons. The summed E-state index contributed by atoms with van der Waals surface area (Å²) in [5.74, 6) is 0.341. The summed E-state index contributed by atoms with van der Waals surface area (Å²) in [6.07, 6.45) is 7.10. The van der Waals surface area contributed by atoms with Crippen molar-refractivity contribution in [2.75, 3.05) is 0 Å². The van der Waals surface area contributed by atoms with Gasteiger partial charge >= 0.3 is 0 Å². The highest BCUT2D eigenvalue weighted by atomic mass is 79.9. The molecule has 2 atom stereocenters. The largest absolute Gasteiger partial charge is 0.206 e. The van der Waals surface area contributed by atoms with Gasteiger partial charge in [0.05, 0.1) is 4.47 Å². The summed E-state index contributed by atoms with van der Waals surface area (Å²) >= 11 is 9.66. The van der Waals surface area contributed by atoms with E-state index in [1.165, 1.54) is 37.3 Å². The Balaban J connectivity index is 2.05. The SMILES string of the molecule is Fc1ccc(CC2CCCCCC2Cl)cc1Br. The van der Waals surface area contributed by atoms with Crippen molar-refractivity contribution in [1.82, 2.24) is 0 Å². The van der Waals surface area contributed by atoms with Crippen LogP contribution in [-0.2, 0) is 6.42 Å². The van der Waals surface area contributed by atoms with Gasteiger partial charge < -0.3 is 0 Å². The van der Waals surface area contributed by atoms with Gasteiger partial charge in [-0.1, -0.05) is 25.3 Å². The molecule has 0 aromatic heterocycles. The van der Waals surface area contributed by atoms with Gasteiger partial charge in [0.1, 0.15) is 5.82 Å². The minimum atomic E-state index is -0.197. The second-order valence-electron chi connectivity index (χ2n) is 4.87. The van der Waals surface area contributed by atoms with Gasteiger partial charge in [-0.2, -0.15) is 0 Å². The van der Waals surface area contributed by atoms with Crippen LogP contribution in [0.4, 0.5) is 4.39 Å². The van der Waals surface area contributed by atoms with Crippen molar-refractivity contribution in [3.63, 3.8) is 0 Å². The number of hydrogen-bond donors (Lipinski definition) is 0. The predicted molar refractivity (Wildman–Crippen MR) is 74.0 cm³/mol. The van der Waals surface area contributed by atoms with E-state index in [1.54, 1.807) is 0 Å². The summed E-state index contributed by atoms with van der Waals surface area (Å²) in [5, 5.41) is 0.279. The Labute approximate surface area is 116 Å². The van der Waals surface area contributed by atoms with Crippen LogP contribution in [-0.4, -0.2) is 5.38 Å². The third-order valence-corrected chi connectivity index (χ3v) is 4.73. The van der Waals surface area contributed by atoms with E-state index in [0.717, 1.165) is 12.8 Å². The van der Waals surface area contributed by atoms with Crippen LogP contribution in [0.3, 0.4) is 0 Å². The topological polar surface area (TPSA) is 0 Å². The van der Waals surface area contributed by atoms with Crippen LogP contribution in [0.15, 0.2) is 22.7 Å². The van der Waals surface area contributed by atoms with Gasteiger partial charge in [-0.15, -0.1) is 11.6 Å². The average molecular weight is 320 g/mol. The molecule has 1 aliphatic carbocycles. The van der Waals surface area contributed by atoms with Crippen LogP contribution in [0.25, 0.3) is 0 Å². The van der Waals surface area contributed by atoms with E-state index in [2.05, 4.69) is 15.9 Å². The van der Waals surface area contributed by atoms with E-state index < -0.39 is 0 Å². The molecule has 17 heavy (non-hydrogen) atoms. The van der Waals surface area contributed by atoms with Crippen LogP contribution in [0.5, 0.6) is 0 Å². The zero-order chi connectivity index (χ0) is 12.3. The van der Waals surface area contributed by atoms with Gasteiger partial charge in [0.2, 0.25) is 0 Å². The summed E-state index contributed by atoms with van der Waals surface area (Å²) in [6.45, 7) is 0. The van der Waals surface area contributed by atoms with E-state index in [9.17, 15) is 4.39 Å². The van der Waals surface area contributed by atoms with Gasteiger partial charge in [0, 0.05) is 5.38 Å². The molecule has 2 rings (SSSR count). The van der Waals surface area contributed by atoms with Crippen LogP contribution in [0.2, 0.25) is 0 Å². The maximum Gasteiger partial charge on any atom is 0.137 e. The van der Waals surface area contributed by atoms with E-state index in [4.69, 9.17) is 11.6 Å². The molecular weight excluding hydrogens is 303 g/mol. The highest BCUT2D eigenvalue weighted by Gasteiger charge is 2.22. The first-order valence-electron chi connectivity index (χ1n) is 6.25. The highest BCUT2D eigenvalue weighted by molar-refractivity contribution is 9.10. The smallest absolute Gasteiger partial charge is 0.137 e. The lowest BCUT2D eigenvalue weighted by molar-refractivity contribution is 0.464. The molecule has 0 bridgehead atoms. The Bertz CT molecular complexity index is 380. The Morgan fingerprint density at radius 1 is 1.24 bits per heavy atom. The fourth-order valence-electron chi connectivity index (χ4n) is 2.54. The molecule has 0 N–H and O–H groups in total. The first-order valence-corrected chi connectivity index (χ1v) is 7.48. The van der Waals surface area contributed by atoms with Gasteiger partial charge in [-0.05, 0) is 58.8 Å². The quantitative estimate of drug-likeness (QED) is 0.511. The van der Waals surface area contributed by atoms with Crippen LogP contribution in [0, 0.1) is 11.7 Å². The van der Waals surface area contributed by atoms with E-state index >= 15 is 0 Å². The van der Waals surface area contributed by atoms with Crippen molar-refractivity contribution >= 4 is 27.5 Å². The monoisotopic (exact) mass is 318 g/mol. The molecule has 1 aliphatic rings. The molecule has 1 aromatic carbocycles. The third-order valence-electron chi connectivity index (χ3n) is 3.55. The first-order chi connectivity index (χ1) is 8.16. The van der Waals surface area contributed by atoms with E-state index in [-0.39, 0.29) is 11.2 Å². The maximum atomic E-state index is 13.1. The molecule has 0 heterocycles. The number of benzene rings is 1. The average Bonchev–Trinajstić information content (AvgIpc) is 2.50. The zero-order valence-electron chi connectivity index (χ0n) is 9.76. The summed E-state index contributed by atoms with van der Waals surface area (Å²) in [6, 6.07) is 5.28. The molecule has 3 heteroatoms. The van der Waals surface area contributed by atoms with Gasteiger partial charge in [0.15, 0.2) is 0 Å². The fourth-order valence-corrected chi connectivity index (χ4v) is 3.33. The summed E-state index contributed by atoms with van der Waals surface area (Å²) in [5.41, 5.74) is 1.18. The molecule has 1 aromatic rings. The molecule has 0 nitrogen and oxygen atoms in total. The lowest BCUT2D eigenvalue weighted by Crippen LogP contribution is -2.16. The molecule has 1 fully saturated rings. The van der Waals surface area contributed by atoms with Crippen LogP contribution < -0.4 is 0 Å². The lowest BCUT2D eigenvalue weighted by Gasteiger charge is -2.19. The Kier molecular flexibility index (Phi) is 4.87. The molecule has 0 spiro atoms. The van der Waals surface area contributed by atoms with E-state index in [0.29, 0.717) is 10.4 Å². The summed E-state index contributed by atoms with van der Waals surface area (Å²) in [4.78, 5) is 0. The van der Waals surface area contributed by atoms with Crippen LogP contribution in [0.1, 0.15) is 37.7 Å². The molecule has 0 aliphatic heterocycles. The third kappa shape index (κ3) is 3.69. The van der Waals surface area contributed by atoms with Crippen LogP contribution >= 0.6 is 27.5 Å². The second kappa shape index (κ2) is 6.19. The minimum Gasteiger partial charge on any atom is -0.206 e. The zero-order valence-corrected chi connectivity index (χ0v) is 12.1. The van der Waals surface area contributed by atoms with Crippen molar-refractivity contribution in [2.24, 2.45) is 5.92 Å². The molecule has 0 saturated heterocycles. The highest BCUT2D eigenvalue weighted by Crippen LogP contribution is 2.31. The minimum absolute atomic E-state index is 0.197. The number of halogens is 3.